The van der Waals surface area contributed by atoms with Gasteiger partial charge in [-0.3, -0.25) is 14.4 Å². The van der Waals surface area contributed by atoms with Gasteiger partial charge in [-0.2, -0.15) is 0 Å². The molecule has 238 valence electrons. The van der Waals surface area contributed by atoms with Gasteiger partial charge in [0.1, 0.15) is 18.3 Å². The van der Waals surface area contributed by atoms with Gasteiger partial charge in [0.05, 0.1) is 18.6 Å². The van der Waals surface area contributed by atoms with Crippen LogP contribution < -0.4 is 20.1 Å². The SMILES string of the molecule is COc1cc(C2C(C(=O)Nc3ccccc3C)C(=O)CC(C)(O)C2C(=O)Nc2ccccc2C)ccc1OCc1ccc(C)cc1. The number of ether oxygens (including phenoxy) is 2. The zero-order chi connectivity index (χ0) is 33.0. The number of aryl methyl sites for hydroxylation is 3. The third kappa shape index (κ3) is 6.97. The Labute approximate surface area is 269 Å². The van der Waals surface area contributed by atoms with Gasteiger partial charge in [-0.05, 0) is 74.2 Å². The fourth-order valence-corrected chi connectivity index (χ4v) is 6.20. The Morgan fingerprint density at radius 2 is 1.41 bits per heavy atom. The third-order valence-electron chi connectivity index (χ3n) is 8.73. The Morgan fingerprint density at radius 3 is 2.00 bits per heavy atom. The van der Waals surface area contributed by atoms with Crippen LogP contribution in [0.5, 0.6) is 11.5 Å². The molecule has 8 heteroatoms. The number of methoxy groups -OCH3 is 1. The van der Waals surface area contributed by atoms with E-state index in [0.29, 0.717) is 35.0 Å². The average molecular weight is 621 g/mol. The summed E-state index contributed by atoms with van der Waals surface area (Å²) in [6.07, 6.45) is -0.365. The summed E-state index contributed by atoms with van der Waals surface area (Å²) < 4.78 is 11.8. The molecule has 1 saturated carbocycles. The van der Waals surface area contributed by atoms with Gasteiger partial charge in [-0.15, -0.1) is 0 Å². The summed E-state index contributed by atoms with van der Waals surface area (Å²) in [4.78, 5) is 41.9. The van der Waals surface area contributed by atoms with Crippen LogP contribution in [0.3, 0.4) is 0 Å². The normalized spacial score (nSPS) is 20.9. The summed E-state index contributed by atoms with van der Waals surface area (Å²) in [6.45, 7) is 7.53. The summed E-state index contributed by atoms with van der Waals surface area (Å²) in [5.74, 6) is -4.13. The van der Waals surface area contributed by atoms with Crippen molar-refractivity contribution >= 4 is 29.0 Å². The van der Waals surface area contributed by atoms with Crippen LogP contribution in [0.2, 0.25) is 0 Å². The van der Waals surface area contributed by atoms with Crippen molar-refractivity contribution in [1.82, 2.24) is 0 Å². The Balaban J connectivity index is 1.56. The largest absolute Gasteiger partial charge is 0.493 e. The van der Waals surface area contributed by atoms with Crippen LogP contribution in [-0.4, -0.2) is 35.4 Å². The van der Waals surface area contributed by atoms with Crippen LogP contribution in [0.1, 0.15) is 47.1 Å². The minimum absolute atomic E-state index is 0.301. The molecule has 4 aromatic rings. The minimum Gasteiger partial charge on any atom is -0.493 e. The van der Waals surface area contributed by atoms with E-state index >= 15 is 0 Å². The maximum Gasteiger partial charge on any atom is 0.235 e. The van der Waals surface area contributed by atoms with E-state index in [1.54, 1.807) is 42.5 Å². The van der Waals surface area contributed by atoms with Crippen LogP contribution in [0.25, 0.3) is 0 Å². The lowest BCUT2D eigenvalue weighted by Crippen LogP contribution is -2.56. The van der Waals surface area contributed by atoms with Gasteiger partial charge in [0, 0.05) is 23.7 Å². The summed E-state index contributed by atoms with van der Waals surface area (Å²) in [5, 5.41) is 17.6. The number of Topliss-reactive ketones (excluding diaryl/α,β-unsaturated/α-hetero) is 1. The lowest BCUT2D eigenvalue weighted by atomic mass is 9.61. The summed E-state index contributed by atoms with van der Waals surface area (Å²) in [6, 6.07) is 27.7. The summed E-state index contributed by atoms with van der Waals surface area (Å²) in [7, 11) is 1.50. The van der Waals surface area contributed by atoms with E-state index in [9.17, 15) is 19.5 Å². The molecule has 1 aliphatic rings. The second-order valence-corrected chi connectivity index (χ2v) is 12.3. The molecule has 0 radical (unpaired) electrons. The number of hydrogen-bond donors (Lipinski definition) is 3. The molecule has 1 fully saturated rings. The number of nitrogens with one attached hydrogen (secondary N) is 2. The van der Waals surface area contributed by atoms with E-state index < -0.39 is 41.0 Å². The Bertz CT molecular complexity index is 1750. The molecule has 2 amide bonds. The number of amides is 2. The first kappa shape index (κ1) is 32.4. The van der Waals surface area contributed by atoms with Gasteiger partial charge in [0.2, 0.25) is 11.8 Å². The molecule has 0 aliphatic heterocycles. The second kappa shape index (κ2) is 13.6. The van der Waals surface area contributed by atoms with Crippen molar-refractivity contribution in [2.45, 2.75) is 52.2 Å². The first-order chi connectivity index (χ1) is 22.0. The zero-order valence-corrected chi connectivity index (χ0v) is 26.8. The van der Waals surface area contributed by atoms with Gasteiger partial charge in [-0.25, -0.2) is 0 Å². The van der Waals surface area contributed by atoms with Crippen LogP contribution in [0.4, 0.5) is 11.4 Å². The van der Waals surface area contributed by atoms with Crippen molar-refractivity contribution in [2.24, 2.45) is 11.8 Å². The van der Waals surface area contributed by atoms with E-state index in [0.717, 1.165) is 22.3 Å². The van der Waals surface area contributed by atoms with E-state index in [2.05, 4.69) is 10.6 Å². The van der Waals surface area contributed by atoms with Gasteiger partial charge >= 0.3 is 0 Å². The predicted molar refractivity (Wildman–Crippen MR) is 178 cm³/mol. The maximum atomic E-state index is 14.1. The minimum atomic E-state index is -1.75. The topological polar surface area (TPSA) is 114 Å². The zero-order valence-electron chi connectivity index (χ0n) is 26.8. The number of benzene rings is 4. The summed E-state index contributed by atoms with van der Waals surface area (Å²) >= 11 is 0. The fraction of sp³-hybridized carbons (Fsp3) is 0.289. The fourth-order valence-electron chi connectivity index (χ4n) is 6.20. The standard InChI is InChI=1S/C38H40N2O6/c1-23-14-16-26(17-15-23)22-46-31-19-18-27(20-32(31)45-5)33-34(36(42)39-28-12-8-6-10-24(28)2)30(41)21-38(4,44)35(33)37(43)40-29-13-9-7-11-25(29)3/h6-20,33-35,44H,21-22H2,1-5H3,(H,39,42)(H,40,43). The molecule has 5 rings (SSSR count). The van der Waals surface area contributed by atoms with E-state index in [-0.39, 0.29) is 6.42 Å². The monoisotopic (exact) mass is 620 g/mol. The molecule has 4 aromatic carbocycles. The second-order valence-electron chi connectivity index (χ2n) is 12.3. The highest BCUT2D eigenvalue weighted by atomic mass is 16.5. The molecule has 4 unspecified atom stereocenters. The molecule has 0 aromatic heterocycles. The Hall–Kier alpha value is -4.95. The van der Waals surface area contributed by atoms with Crippen LogP contribution in [-0.2, 0) is 21.0 Å². The van der Waals surface area contributed by atoms with Gasteiger partial charge in [0.25, 0.3) is 0 Å². The first-order valence-electron chi connectivity index (χ1n) is 15.3. The predicted octanol–water partition coefficient (Wildman–Crippen LogP) is 6.52. The van der Waals surface area contributed by atoms with Crippen molar-refractivity contribution in [3.05, 3.63) is 119 Å². The molecule has 3 N–H and O–H groups in total. The number of hydrogen-bond acceptors (Lipinski definition) is 6. The van der Waals surface area contributed by atoms with E-state index in [1.807, 2.05) is 69.3 Å². The Morgan fingerprint density at radius 1 is 0.826 bits per heavy atom. The lowest BCUT2D eigenvalue weighted by molar-refractivity contribution is -0.150. The Kier molecular flexibility index (Phi) is 9.58. The average Bonchev–Trinajstić information content (AvgIpc) is 3.02. The van der Waals surface area contributed by atoms with E-state index in [4.69, 9.17) is 9.47 Å². The number of carbonyl (C=O) groups excluding carboxylic acids is 3. The van der Waals surface area contributed by atoms with Crippen molar-refractivity contribution in [1.29, 1.82) is 0 Å². The molecular formula is C38H40N2O6. The summed E-state index contributed by atoms with van der Waals surface area (Å²) in [5.41, 5.74) is 3.67. The molecule has 0 spiro atoms. The smallest absolute Gasteiger partial charge is 0.235 e. The van der Waals surface area contributed by atoms with Crippen LogP contribution in [0.15, 0.2) is 91.0 Å². The quantitative estimate of drug-likeness (QED) is 0.184. The highest BCUT2D eigenvalue weighted by Crippen LogP contribution is 2.48. The third-order valence-corrected chi connectivity index (χ3v) is 8.73. The molecule has 46 heavy (non-hydrogen) atoms. The first-order valence-corrected chi connectivity index (χ1v) is 15.3. The van der Waals surface area contributed by atoms with Crippen molar-refractivity contribution in [3.8, 4) is 11.5 Å². The number of anilines is 2. The maximum absolute atomic E-state index is 14.1. The molecule has 0 bridgehead atoms. The van der Waals surface area contributed by atoms with Crippen molar-refractivity contribution in [3.63, 3.8) is 0 Å². The molecule has 4 atom stereocenters. The van der Waals surface area contributed by atoms with Crippen molar-refractivity contribution in [2.75, 3.05) is 17.7 Å². The number of aliphatic hydroxyl groups is 1. The number of carbonyl (C=O) groups is 3. The molecule has 8 nitrogen and oxygen atoms in total. The van der Waals surface area contributed by atoms with Gasteiger partial charge in [0.15, 0.2) is 11.5 Å². The highest BCUT2D eigenvalue weighted by Gasteiger charge is 2.56. The number of rotatable bonds is 9. The van der Waals surface area contributed by atoms with Gasteiger partial charge in [-0.1, -0.05) is 72.3 Å². The van der Waals surface area contributed by atoms with Crippen molar-refractivity contribution < 1.29 is 29.0 Å². The molecule has 0 heterocycles. The van der Waals surface area contributed by atoms with E-state index in [1.165, 1.54) is 14.0 Å². The van der Waals surface area contributed by atoms with Crippen LogP contribution in [0, 0.1) is 32.6 Å². The molecular weight excluding hydrogens is 580 g/mol. The molecule has 0 saturated heterocycles. The molecule has 1 aliphatic carbocycles. The number of para-hydroxylation sites is 2. The van der Waals surface area contributed by atoms with Crippen LogP contribution >= 0.6 is 0 Å². The lowest BCUT2D eigenvalue weighted by Gasteiger charge is -2.44. The highest BCUT2D eigenvalue weighted by molar-refractivity contribution is 6.10. The number of ketones is 1. The van der Waals surface area contributed by atoms with Gasteiger partial charge < -0.3 is 25.2 Å².